The van der Waals surface area contributed by atoms with Crippen molar-refractivity contribution in [3.63, 3.8) is 0 Å². The van der Waals surface area contributed by atoms with E-state index in [0.717, 1.165) is 54.5 Å². The van der Waals surface area contributed by atoms with Crippen molar-refractivity contribution in [3.8, 4) is 11.4 Å². The van der Waals surface area contributed by atoms with E-state index in [-0.39, 0.29) is 0 Å². The molecule has 0 aliphatic carbocycles. The number of morpholine rings is 1. The highest BCUT2D eigenvalue weighted by Gasteiger charge is 2.34. The van der Waals surface area contributed by atoms with E-state index in [9.17, 15) is 0 Å². The summed E-state index contributed by atoms with van der Waals surface area (Å²) in [6, 6.07) is 0. The molecule has 1 fully saturated rings. The van der Waals surface area contributed by atoms with Crippen LogP contribution >= 0.6 is 0 Å². The maximum absolute atomic E-state index is 5.98. The van der Waals surface area contributed by atoms with Crippen LogP contribution in [0.2, 0.25) is 0 Å². The van der Waals surface area contributed by atoms with E-state index < -0.39 is 5.60 Å². The van der Waals surface area contributed by atoms with E-state index in [1.807, 2.05) is 17.1 Å². The summed E-state index contributed by atoms with van der Waals surface area (Å²) in [6.45, 7) is 13.7. The molecule has 0 unspecified atom stereocenters. The molecule has 0 aromatic carbocycles. The molecule has 3 aromatic rings. The fraction of sp³-hybridized carbons (Fsp3) is 0.619. The van der Waals surface area contributed by atoms with Crippen LogP contribution in [0, 0.1) is 5.92 Å². The Morgan fingerprint density at radius 1 is 1.07 bits per heavy atom. The van der Waals surface area contributed by atoms with Gasteiger partial charge in [0, 0.05) is 32.4 Å². The third-order valence-corrected chi connectivity index (χ3v) is 5.65. The van der Waals surface area contributed by atoms with Crippen molar-refractivity contribution in [2.75, 3.05) is 37.8 Å². The van der Waals surface area contributed by atoms with Crippen molar-refractivity contribution in [1.29, 1.82) is 0 Å². The standard InChI is InChI=1S/C21H29N7O2/c1-14(2)12-27-13-15(11-22-27)17-24-18(26-5-8-29-9-6-26)16-19(25-17)28-7-10-30-21(3,4)20(28)23-16/h11,13-14H,5-10,12H2,1-4H3. The summed E-state index contributed by atoms with van der Waals surface area (Å²) in [5.74, 6) is 2.98. The quantitative estimate of drug-likeness (QED) is 0.652. The molecule has 0 bridgehead atoms. The Kier molecular flexibility index (Phi) is 4.74. The molecule has 2 aliphatic heterocycles. The second-order valence-electron chi connectivity index (χ2n) is 8.93. The van der Waals surface area contributed by atoms with E-state index in [2.05, 4.69) is 42.3 Å². The normalized spacial score (nSPS) is 18.9. The first kappa shape index (κ1) is 19.4. The smallest absolute Gasteiger partial charge is 0.167 e. The van der Waals surface area contributed by atoms with Crippen molar-refractivity contribution in [3.05, 3.63) is 18.2 Å². The summed E-state index contributed by atoms with van der Waals surface area (Å²) < 4.78 is 15.7. The predicted molar refractivity (Wildman–Crippen MR) is 113 cm³/mol. The third kappa shape index (κ3) is 3.35. The highest BCUT2D eigenvalue weighted by Crippen LogP contribution is 2.35. The van der Waals surface area contributed by atoms with Crippen LogP contribution in [0.25, 0.3) is 22.6 Å². The van der Waals surface area contributed by atoms with Crippen LogP contribution < -0.4 is 4.90 Å². The molecule has 5 heterocycles. The Morgan fingerprint density at radius 3 is 2.63 bits per heavy atom. The lowest BCUT2D eigenvalue weighted by atomic mass is 10.1. The lowest BCUT2D eigenvalue weighted by Gasteiger charge is -2.30. The lowest BCUT2D eigenvalue weighted by Crippen LogP contribution is -2.37. The molecule has 0 N–H and O–H groups in total. The van der Waals surface area contributed by atoms with Gasteiger partial charge in [0.15, 0.2) is 22.8 Å². The van der Waals surface area contributed by atoms with Gasteiger partial charge in [-0.25, -0.2) is 15.0 Å². The van der Waals surface area contributed by atoms with Crippen LogP contribution in [-0.2, 0) is 28.2 Å². The Balaban J connectivity index is 1.67. The number of anilines is 1. The predicted octanol–water partition coefficient (Wildman–Crippen LogP) is 2.45. The molecule has 30 heavy (non-hydrogen) atoms. The highest BCUT2D eigenvalue weighted by atomic mass is 16.5. The maximum atomic E-state index is 5.98. The molecule has 9 nitrogen and oxygen atoms in total. The Morgan fingerprint density at radius 2 is 1.87 bits per heavy atom. The van der Waals surface area contributed by atoms with Gasteiger partial charge in [0.2, 0.25) is 0 Å². The van der Waals surface area contributed by atoms with Gasteiger partial charge in [0.25, 0.3) is 0 Å². The molecule has 9 heteroatoms. The van der Waals surface area contributed by atoms with Crippen LogP contribution in [0.1, 0.15) is 33.5 Å². The van der Waals surface area contributed by atoms with Gasteiger partial charge in [-0.1, -0.05) is 13.8 Å². The number of rotatable bonds is 4. The first-order valence-corrected chi connectivity index (χ1v) is 10.7. The molecule has 0 spiro atoms. The summed E-state index contributed by atoms with van der Waals surface area (Å²) in [5.41, 5.74) is 2.17. The van der Waals surface area contributed by atoms with Gasteiger partial charge in [-0.2, -0.15) is 5.10 Å². The van der Waals surface area contributed by atoms with Crippen molar-refractivity contribution >= 4 is 17.0 Å². The van der Waals surface area contributed by atoms with Gasteiger partial charge in [-0.05, 0) is 19.8 Å². The number of fused-ring (bicyclic) bond motifs is 3. The van der Waals surface area contributed by atoms with Gasteiger partial charge >= 0.3 is 0 Å². The Hall–Kier alpha value is -2.52. The molecular formula is C21H29N7O2. The number of hydrogen-bond acceptors (Lipinski definition) is 7. The maximum Gasteiger partial charge on any atom is 0.167 e. The molecule has 3 aromatic heterocycles. The van der Waals surface area contributed by atoms with Crippen LogP contribution in [0.15, 0.2) is 12.4 Å². The number of hydrogen-bond donors (Lipinski definition) is 0. The number of nitrogens with zero attached hydrogens (tertiary/aromatic N) is 7. The van der Waals surface area contributed by atoms with Gasteiger partial charge in [0.1, 0.15) is 11.4 Å². The molecule has 160 valence electrons. The zero-order chi connectivity index (χ0) is 20.9. The Bertz CT molecular complexity index is 1060. The van der Waals surface area contributed by atoms with E-state index in [1.54, 1.807) is 0 Å². The second-order valence-corrected chi connectivity index (χ2v) is 8.93. The molecule has 1 saturated heterocycles. The summed E-state index contributed by atoms with van der Waals surface area (Å²) in [4.78, 5) is 17.1. The van der Waals surface area contributed by atoms with Gasteiger partial charge in [0.05, 0.1) is 31.6 Å². The number of aromatic nitrogens is 6. The zero-order valence-corrected chi connectivity index (χ0v) is 18.1. The molecule has 5 rings (SSSR count). The van der Waals surface area contributed by atoms with Crippen LogP contribution in [0.3, 0.4) is 0 Å². The molecule has 0 saturated carbocycles. The van der Waals surface area contributed by atoms with Gasteiger partial charge < -0.3 is 18.9 Å². The zero-order valence-electron chi connectivity index (χ0n) is 18.1. The van der Waals surface area contributed by atoms with E-state index >= 15 is 0 Å². The van der Waals surface area contributed by atoms with Crippen molar-refractivity contribution in [2.24, 2.45) is 5.92 Å². The van der Waals surface area contributed by atoms with E-state index in [4.69, 9.17) is 24.4 Å². The first-order chi connectivity index (χ1) is 14.4. The lowest BCUT2D eigenvalue weighted by molar-refractivity contribution is -0.0530. The molecule has 2 aliphatic rings. The molecule has 0 atom stereocenters. The monoisotopic (exact) mass is 411 g/mol. The van der Waals surface area contributed by atoms with Crippen LogP contribution in [-0.4, -0.2) is 62.2 Å². The molecular weight excluding hydrogens is 382 g/mol. The van der Waals surface area contributed by atoms with Crippen LogP contribution in [0.4, 0.5) is 5.82 Å². The third-order valence-electron chi connectivity index (χ3n) is 5.65. The largest absolute Gasteiger partial charge is 0.378 e. The van der Waals surface area contributed by atoms with Crippen molar-refractivity contribution in [2.45, 2.75) is 46.4 Å². The second kappa shape index (κ2) is 7.31. The van der Waals surface area contributed by atoms with E-state index in [0.29, 0.717) is 31.6 Å². The number of imidazole rings is 1. The average molecular weight is 412 g/mol. The summed E-state index contributed by atoms with van der Waals surface area (Å²) in [7, 11) is 0. The Labute approximate surface area is 176 Å². The number of ether oxygens (including phenoxy) is 2. The summed E-state index contributed by atoms with van der Waals surface area (Å²) >= 11 is 0. The first-order valence-electron chi connectivity index (χ1n) is 10.7. The minimum absolute atomic E-state index is 0.455. The minimum atomic E-state index is -0.455. The molecule has 0 radical (unpaired) electrons. The SMILES string of the molecule is CC(C)Cn1cc(-c2nc(N3CCOCC3)c3nc4n(c3n2)CCOC4(C)C)cn1. The van der Waals surface area contributed by atoms with Crippen molar-refractivity contribution in [1.82, 2.24) is 29.3 Å². The average Bonchev–Trinajstić information content (AvgIpc) is 3.33. The van der Waals surface area contributed by atoms with Crippen LogP contribution in [0.5, 0.6) is 0 Å². The minimum Gasteiger partial charge on any atom is -0.378 e. The summed E-state index contributed by atoms with van der Waals surface area (Å²) in [6.07, 6.45) is 3.89. The topological polar surface area (TPSA) is 83.1 Å². The fourth-order valence-corrected chi connectivity index (χ4v) is 4.19. The van der Waals surface area contributed by atoms with E-state index in [1.165, 1.54) is 0 Å². The van der Waals surface area contributed by atoms with Gasteiger partial charge in [-0.3, -0.25) is 4.68 Å². The van der Waals surface area contributed by atoms with Crippen molar-refractivity contribution < 1.29 is 9.47 Å². The van der Waals surface area contributed by atoms with Gasteiger partial charge in [-0.15, -0.1) is 0 Å². The molecule has 0 amide bonds. The summed E-state index contributed by atoms with van der Waals surface area (Å²) in [5, 5.41) is 4.51. The highest BCUT2D eigenvalue weighted by molar-refractivity contribution is 5.86. The fourth-order valence-electron chi connectivity index (χ4n) is 4.19.